The number of aromatic amines is 1. The highest BCUT2D eigenvalue weighted by molar-refractivity contribution is 5.88. The van der Waals surface area contributed by atoms with E-state index in [-0.39, 0.29) is 5.91 Å². The van der Waals surface area contributed by atoms with Crippen LogP contribution >= 0.6 is 0 Å². The van der Waals surface area contributed by atoms with Gasteiger partial charge in [0.2, 0.25) is 5.91 Å². The van der Waals surface area contributed by atoms with Gasteiger partial charge in [0.25, 0.3) is 0 Å². The molecule has 20 heavy (non-hydrogen) atoms. The molecule has 2 rings (SSSR count). The molecule has 0 unspecified atom stereocenters. The molecule has 5 heteroatoms. The fraction of sp³-hybridized carbons (Fsp3) is 0.333. The maximum atomic E-state index is 10.9. The van der Waals surface area contributed by atoms with Crippen LogP contribution in [-0.2, 0) is 17.8 Å². The SMILES string of the molecule is CCc1[nH]nc(NCc2ccc(NC(C)=O)cc2)c1C. The summed E-state index contributed by atoms with van der Waals surface area (Å²) in [6.07, 6.45) is 0.950. The zero-order valence-electron chi connectivity index (χ0n) is 12.1. The molecule has 1 amide bonds. The Hall–Kier alpha value is -2.30. The average molecular weight is 272 g/mol. The molecule has 0 fully saturated rings. The van der Waals surface area contributed by atoms with Crippen LogP contribution in [0, 0.1) is 6.92 Å². The van der Waals surface area contributed by atoms with Gasteiger partial charge < -0.3 is 10.6 Å². The molecule has 5 nitrogen and oxygen atoms in total. The lowest BCUT2D eigenvalue weighted by atomic mass is 10.2. The van der Waals surface area contributed by atoms with Crippen LogP contribution in [0.3, 0.4) is 0 Å². The predicted molar refractivity (Wildman–Crippen MR) is 80.8 cm³/mol. The lowest BCUT2D eigenvalue weighted by Crippen LogP contribution is -2.06. The van der Waals surface area contributed by atoms with Gasteiger partial charge in [-0.2, -0.15) is 5.10 Å². The highest BCUT2D eigenvalue weighted by Gasteiger charge is 2.06. The van der Waals surface area contributed by atoms with Gasteiger partial charge in [0.1, 0.15) is 0 Å². The van der Waals surface area contributed by atoms with Gasteiger partial charge >= 0.3 is 0 Å². The molecule has 0 spiro atoms. The van der Waals surface area contributed by atoms with Crippen LogP contribution in [0.15, 0.2) is 24.3 Å². The fourth-order valence-electron chi connectivity index (χ4n) is 2.05. The van der Waals surface area contributed by atoms with Crippen LogP contribution in [-0.4, -0.2) is 16.1 Å². The first kappa shape index (κ1) is 14.1. The second kappa shape index (κ2) is 6.23. The van der Waals surface area contributed by atoms with E-state index in [1.54, 1.807) is 0 Å². The van der Waals surface area contributed by atoms with Gasteiger partial charge in [-0.3, -0.25) is 9.89 Å². The quantitative estimate of drug-likeness (QED) is 0.784. The summed E-state index contributed by atoms with van der Waals surface area (Å²) in [6.45, 7) is 6.37. The molecule has 1 aromatic heterocycles. The summed E-state index contributed by atoms with van der Waals surface area (Å²) in [5, 5.41) is 13.4. The van der Waals surface area contributed by atoms with Gasteiger partial charge in [-0.15, -0.1) is 0 Å². The molecule has 3 N–H and O–H groups in total. The standard InChI is InChI=1S/C15H20N4O/c1-4-14-10(2)15(19-18-14)16-9-12-5-7-13(8-6-12)17-11(3)20/h5-8H,4,9H2,1-3H3,(H,17,20)(H2,16,18,19). The number of amides is 1. The molecule has 1 heterocycles. The third-order valence-corrected chi connectivity index (χ3v) is 3.20. The van der Waals surface area contributed by atoms with E-state index in [2.05, 4.69) is 34.7 Å². The van der Waals surface area contributed by atoms with E-state index in [9.17, 15) is 4.79 Å². The van der Waals surface area contributed by atoms with E-state index in [1.165, 1.54) is 12.5 Å². The van der Waals surface area contributed by atoms with Crippen LogP contribution in [0.4, 0.5) is 11.5 Å². The zero-order chi connectivity index (χ0) is 14.5. The smallest absolute Gasteiger partial charge is 0.221 e. The topological polar surface area (TPSA) is 69.8 Å². The van der Waals surface area contributed by atoms with Crippen LogP contribution in [0.25, 0.3) is 0 Å². The number of aryl methyl sites for hydroxylation is 1. The Morgan fingerprint density at radius 3 is 2.55 bits per heavy atom. The second-order valence-corrected chi connectivity index (χ2v) is 4.76. The molecule has 0 bridgehead atoms. The molecule has 0 saturated heterocycles. The number of rotatable bonds is 5. The van der Waals surface area contributed by atoms with Gasteiger partial charge in [-0.25, -0.2) is 0 Å². The molecular weight excluding hydrogens is 252 g/mol. The zero-order valence-corrected chi connectivity index (χ0v) is 12.1. The maximum absolute atomic E-state index is 10.9. The van der Waals surface area contributed by atoms with Crippen molar-refractivity contribution in [2.24, 2.45) is 0 Å². The maximum Gasteiger partial charge on any atom is 0.221 e. The largest absolute Gasteiger partial charge is 0.364 e. The monoisotopic (exact) mass is 272 g/mol. The molecule has 1 aromatic carbocycles. The van der Waals surface area contributed by atoms with Gasteiger partial charge in [0.15, 0.2) is 5.82 Å². The van der Waals surface area contributed by atoms with Crippen LogP contribution in [0.2, 0.25) is 0 Å². The van der Waals surface area contributed by atoms with E-state index in [0.717, 1.165) is 29.2 Å². The molecule has 0 aliphatic rings. The van der Waals surface area contributed by atoms with E-state index in [0.29, 0.717) is 6.54 Å². The summed E-state index contributed by atoms with van der Waals surface area (Å²) in [7, 11) is 0. The molecular formula is C15H20N4O. The Labute approximate surface area is 118 Å². The first-order chi connectivity index (χ1) is 9.60. The summed E-state index contributed by atoms with van der Waals surface area (Å²) >= 11 is 0. The Bertz CT molecular complexity index is 586. The Morgan fingerprint density at radius 2 is 2.00 bits per heavy atom. The van der Waals surface area contributed by atoms with Crippen molar-refractivity contribution in [1.29, 1.82) is 0 Å². The minimum atomic E-state index is -0.0601. The summed E-state index contributed by atoms with van der Waals surface area (Å²) < 4.78 is 0. The van der Waals surface area contributed by atoms with Crippen LogP contribution in [0.1, 0.15) is 30.7 Å². The number of nitrogens with one attached hydrogen (secondary N) is 3. The molecule has 0 atom stereocenters. The van der Waals surface area contributed by atoms with Gasteiger partial charge in [-0.1, -0.05) is 19.1 Å². The Morgan fingerprint density at radius 1 is 1.30 bits per heavy atom. The summed E-state index contributed by atoms with van der Waals surface area (Å²) in [4.78, 5) is 10.9. The number of nitrogens with zero attached hydrogens (tertiary/aromatic N) is 1. The summed E-state index contributed by atoms with van der Waals surface area (Å²) in [5.74, 6) is 0.836. The van der Waals surface area contributed by atoms with Gasteiger partial charge in [0.05, 0.1) is 0 Å². The summed E-state index contributed by atoms with van der Waals surface area (Å²) in [6, 6.07) is 7.77. The van der Waals surface area contributed by atoms with Crippen molar-refractivity contribution in [3.8, 4) is 0 Å². The van der Waals surface area contributed by atoms with Crippen molar-refractivity contribution >= 4 is 17.4 Å². The van der Waals surface area contributed by atoms with Gasteiger partial charge in [-0.05, 0) is 31.0 Å². The number of carbonyl (C=O) groups excluding carboxylic acids is 1. The van der Waals surface area contributed by atoms with E-state index < -0.39 is 0 Å². The molecule has 0 saturated carbocycles. The fourth-order valence-corrected chi connectivity index (χ4v) is 2.05. The molecule has 106 valence electrons. The lowest BCUT2D eigenvalue weighted by Gasteiger charge is -2.06. The van der Waals surface area contributed by atoms with Crippen LogP contribution < -0.4 is 10.6 Å². The number of hydrogen-bond donors (Lipinski definition) is 3. The molecule has 0 aliphatic heterocycles. The van der Waals surface area contributed by atoms with Crippen molar-refractivity contribution in [2.75, 3.05) is 10.6 Å². The molecule has 0 radical (unpaired) electrons. The second-order valence-electron chi connectivity index (χ2n) is 4.76. The predicted octanol–water partition coefficient (Wildman–Crippen LogP) is 2.85. The minimum Gasteiger partial charge on any atom is -0.364 e. The van der Waals surface area contributed by atoms with E-state index in [4.69, 9.17) is 0 Å². The third kappa shape index (κ3) is 3.38. The first-order valence-corrected chi connectivity index (χ1v) is 6.74. The van der Waals surface area contributed by atoms with Crippen LogP contribution in [0.5, 0.6) is 0 Å². The number of anilines is 2. The summed E-state index contributed by atoms with van der Waals surface area (Å²) in [5.41, 5.74) is 4.28. The number of hydrogen-bond acceptors (Lipinski definition) is 3. The lowest BCUT2D eigenvalue weighted by molar-refractivity contribution is -0.114. The van der Waals surface area contributed by atoms with Crippen molar-refractivity contribution in [3.05, 3.63) is 41.1 Å². The number of aromatic nitrogens is 2. The number of carbonyl (C=O) groups is 1. The highest BCUT2D eigenvalue weighted by Crippen LogP contribution is 2.17. The minimum absolute atomic E-state index is 0.0601. The van der Waals surface area contributed by atoms with Gasteiger partial charge in [0, 0.05) is 30.4 Å². The molecule has 0 aliphatic carbocycles. The van der Waals surface area contributed by atoms with E-state index in [1.807, 2.05) is 24.3 Å². The number of H-pyrrole nitrogens is 1. The van der Waals surface area contributed by atoms with Crippen molar-refractivity contribution in [2.45, 2.75) is 33.7 Å². The molecule has 2 aromatic rings. The normalized spacial score (nSPS) is 10.3. The third-order valence-electron chi connectivity index (χ3n) is 3.20. The highest BCUT2D eigenvalue weighted by atomic mass is 16.1. The first-order valence-electron chi connectivity index (χ1n) is 6.74. The van der Waals surface area contributed by atoms with Crippen molar-refractivity contribution in [3.63, 3.8) is 0 Å². The Balaban J connectivity index is 1.96. The number of benzene rings is 1. The Kier molecular flexibility index (Phi) is 4.40. The van der Waals surface area contributed by atoms with Crippen molar-refractivity contribution in [1.82, 2.24) is 10.2 Å². The average Bonchev–Trinajstić information content (AvgIpc) is 2.78. The van der Waals surface area contributed by atoms with E-state index >= 15 is 0 Å². The van der Waals surface area contributed by atoms with Crippen molar-refractivity contribution < 1.29 is 4.79 Å².